The molecule has 0 unspecified atom stereocenters. The highest BCUT2D eigenvalue weighted by atomic mass is 17.1. The van der Waals surface area contributed by atoms with Crippen LogP contribution in [0.3, 0.4) is 0 Å². The van der Waals surface area contributed by atoms with Gasteiger partial charge in [-0.15, -0.1) is 0 Å². The average Bonchev–Trinajstić information content (AvgIpc) is 2.27. The second-order valence-corrected chi connectivity index (χ2v) is 2.91. The van der Waals surface area contributed by atoms with E-state index in [1.807, 2.05) is 30.3 Å². The van der Waals surface area contributed by atoms with E-state index in [1.165, 1.54) is 0 Å². The first-order valence-corrected chi connectivity index (χ1v) is 4.16. The Balaban J connectivity index is 0.00000112. The maximum atomic E-state index is 11.2. The largest absolute Gasteiger partial charge is 0.373 e. The quantitative estimate of drug-likeness (QED) is 0.553. The molecule has 0 bridgehead atoms. The Kier molecular flexibility index (Phi) is 3.38. The molecule has 4 nitrogen and oxygen atoms in total. The van der Waals surface area contributed by atoms with Crippen molar-refractivity contribution in [3.63, 3.8) is 0 Å². The first kappa shape index (κ1) is 11.2. The number of benzene rings is 2. The molecule has 0 aliphatic carbocycles. The van der Waals surface area contributed by atoms with Crippen LogP contribution in [0.5, 0.6) is 0 Å². The van der Waals surface area contributed by atoms with Crippen LogP contribution >= 0.6 is 0 Å². The van der Waals surface area contributed by atoms with Crippen molar-refractivity contribution < 1.29 is 14.9 Å². The van der Waals surface area contributed by atoms with Crippen LogP contribution in [0.1, 0.15) is 10.4 Å². The molecule has 4 heteroatoms. The first-order valence-electron chi connectivity index (χ1n) is 4.16. The summed E-state index contributed by atoms with van der Waals surface area (Å²) in [5.41, 5.74) is 0.366. The third-order valence-corrected chi connectivity index (χ3v) is 2.09. The Bertz CT molecular complexity index is 477. The summed E-state index contributed by atoms with van der Waals surface area (Å²) in [6.45, 7) is 0. The molecule has 0 amide bonds. The minimum absolute atomic E-state index is 0. The third kappa shape index (κ3) is 1.96. The van der Waals surface area contributed by atoms with Crippen LogP contribution in [0, 0.1) is 0 Å². The zero-order valence-corrected chi connectivity index (χ0v) is 8.01. The molecular weight excluding hydrogens is 194 g/mol. The zero-order valence-electron chi connectivity index (χ0n) is 8.01. The standard InChI is InChI=1S/C11H8O3.H3N/c12-11(14-13)10-7-3-5-8-4-1-2-6-9(8)10;/h1-7,13H;1H3. The normalized spacial score (nSPS) is 9.40. The van der Waals surface area contributed by atoms with Crippen LogP contribution in [-0.2, 0) is 4.89 Å². The summed E-state index contributed by atoms with van der Waals surface area (Å²) in [7, 11) is 0. The molecule has 0 saturated heterocycles. The van der Waals surface area contributed by atoms with Crippen LogP contribution < -0.4 is 6.15 Å². The molecule has 0 aliphatic rings. The fraction of sp³-hybridized carbons (Fsp3) is 0. The van der Waals surface area contributed by atoms with Gasteiger partial charge in [0.2, 0.25) is 0 Å². The van der Waals surface area contributed by atoms with E-state index in [4.69, 9.17) is 5.26 Å². The summed E-state index contributed by atoms with van der Waals surface area (Å²) >= 11 is 0. The Morgan fingerprint density at radius 3 is 2.47 bits per heavy atom. The number of hydrogen-bond acceptors (Lipinski definition) is 4. The van der Waals surface area contributed by atoms with Gasteiger partial charge in [0.25, 0.3) is 0 Å². The minimum Gasteiger partial charge on any atom is -0.344 e. The molecule has 0 atom stereocenters. The first-order chi connectivity index (χ1) is 6.83. The van der Waals surface area contributed by atoms with Gasteiger partial charge in [0, 0.05) is 0 Å². The summed E-state index contributed by atoms with van der Waals surface area (Å²) in [5.74, 6) is -0.734. The highest BCUT2D eigenvalue weighted by Gasteiger charge is 2.09. The van der Waals surface area contributed by atoms with Crippen LogP contribution in [0.2, 0.25) is 0 Å². The molecule has 78 valence electrons. The smallest absolute Gasteiger partial charge is 0.344 e. The lowest BCUT2D eigenvalue weighted by Gasteiger charge is -2.02. The number of carbonyl (C=O) groups excluding carboxylic acids is 1. The van der Waals surface area contributed by atoms with Crippen molar-refractivity contribution in [3.05, 3.63) is 48.0 Å². The van der Waals surface area contributed by atoms with E-state index in [0.717, 1.165) is 10.8 Å². The molecule has 2 aromatic carbocycles. The van der Waals surface area contributed by atoms with E-state index < -0.39 is 5.97 Å². The average molecular weight is 205 g/mol. The van der Waals surface area contributed by atoms with Gasteiger partial charge in [-0.2, -0.15) is 5.26 Å². The van der Waals surface area contributed by atoms with E-state index >= 15 is 0 Å². The summed E-state index contributed by atoms with van der Waals surface area (Å²) < 4.78 is 0. The molecule has 0 saturated carbocycles. The highest BCUT2D eigenvalue weighted by molar-refractivity contribution is 6.04. The maximum absolute atomic E-state index is 11.2. The minimum atomic E-state index is -0.734. The molecule has 0 heterocycles. The molecule has 0 aliphatic heterocycles. The molecule has 0 radical (unpaired) electrons. The van der Waals surface area contributed by atoms with E-state index in [0.29, 0.717) is 5.56 Å². The van der Waals surface area contributed by atoms with Crippen LogP contribution in [0.25, 0.3) is 10.8 Å². The van der Waals surface area contributed by atoms with Gasteiger partial charge < -0.3 is 6.15 Å². The molecule has 2 rings (SSSR count). The van der Waals surface area contributed by atoms with Crippen molar-refractivity contribution in [2.45, 2.75) is 0 Å². The van der Waals surface area contributed by atoms with Gasteiger partial charge in [0.1, 0.15) is 0 Å². The van der Waals surface area contributed by atoms with Gasteiger partial charge >= 0.3 is 5.97 Å². The summed E-state index contributed by atoms with van der Waals surface area (Å²) in [6, 6.07) is 12.7. The molecule has 4 N–H and O–H groups in total. The van der Waals surface area contributed by atoms with Crippen LogP contribution in [0.15, 0.2) is 42.5 Å². The lowest BCUT2D eigenvalue weighted by molar-refractivity contribution is -0.182. The Morgan fingerprint density at radius 2 is 1.73 bits per heavy atom. The predicted molar refractivity (Wildman–Crippen MR) is 57.0 cm³/mol. The zero-order chi connectivity index (χ0) is 9.97. The summed E-state index contributed by atoms with van der Waals surface area (Å²) in [5, 5.41) is 10.0. The molecule has 2 aromatic rings. The fourth-order valence-corrected chi connectivity index (χ4v) is 1.45. The lowest BCUT2D eigenvalue weighted by Crippen LogP contribution is -2.01. The van der Waals surface area contributed by atoms with E-state index in [9.17, 15) is 4.79 Å². The van der Waals surface area contributed by atoms with Crippen molar-refractivity contribution in [1.29, 1.82) is 0 Å². The number of hydrogen-bond donors (Lipinski definition) is 2. The molecule has 15 heavy (non-hydrogen) atoms. The summed E-state index contributed by atoms with van der Waals surface area (Å²) in [4.78, 5) is 14.9. The number of carbonyl (C=O) groups is 1. The van der Waals surface area contributed by atoms with Crippen molar-refractivity contribution in [2.24, 2.45) is 0 Å². The monoisotopic (exact) mass is 205 g/mol. The maximum Gasteiger partial charge on any atom is 0.373 e. The SMILES string of the molecule is N.O=C(OO)c1cccc2ccccc12. The molecule has 0 fully saturated rings. The molecule has 0 aromatic heterocycles. The predicted octanol–water partition coefficient (Wildman–Crippen LogP) is 2.63. The van der Waals surface area contributed by atoms with Crippen LogP contribution in [-0.4, -0.2) is 11.2 Å². The summed E-state index contributed by atoms with van der Waals surface area (Å²) in [6.07, 6.45) is 0. The van der Waals surface area contributed by atoms with Crippen LogP contribution in [0.4, 0.5) is 0 Å². The number of fused-ring (bicyclic) bond motifs is 1. The Morgan fingerprint density at radius 1 is 1.07 bits per heavy atom. The molecule has 0 spiro atoms. The van der Waals surface area contributed by atoms with Crippen molar-refractivity contribution in [2.75, 3.05) is 0 Å². The van der Waals surface area contributed by atoms with Gasteiger partial charge in [-0.3, -0.25) is 4.89 Å². The van der Waals surface area contributed by atoms with Crippen molar-refractivity contribution >= 4 is 16.7 Å². The van der Waals surface area contributed by atoms with Gasteiger partial charge in [0.05, 0.1) is 5.56 Å². The number of rotatable bonds is 1. The van der Waals surface area contributed by atoms with Gasteiger partial charge in [-0.25, -0.2) is 4.79 Å². The Hall–Kier alpha value is -1.91. The van der Waals surface area contributed by atoms with E-state index in [-0.39, 0.29) is 6.15 Å². The van der Waals surface area contributed by atoms with Gasteiger partial charge in [0.15, 0.2) is 0 Å². The van der Waals surface area contributed by atoms with Gasteiger partial charge in [-0.05, 0) is 16.8 Å². The molecular formula is C11H11NO3. The van der Waals surface area contributed by atoms with E-state index in [2.05, 4.69) is 4.89 Å². The topological polar surface area (TPSA) is 81.5 Å². The second-order valence-electron chi connectivity index (χ2n) is 2.91. The van der Waals surface area contributed by atoms with Crippen molar-refractivity contribution in [3.8, 4) is 0 Å². The lowest BCUT2D eigenvalue weighted by atomic mass is 10.1. The second kappa shape index (κ2) is 4.54. The van der Waals surface area contributed by atoms with Crippen molar-refractivity contribution in [1.82, 2.24) is 6.15 Å². The van der Waals surface area contributed by atoms with E-state index in [1.54, 1.807) is 12.1 Å². The Labute approximate surface area is 86.6 Å². The third-order valence-electron chi connectivity index (χ3n) is 2.09. The highest BCUT2D eigenvalue weighted by Crippen LogP contribution is 2.18. The van der Waals surface area contributed by atoms with Gasteiger partial charge in [-0.1, -0.05) is 36.4 Å². The fourth-order valence-electron chi connectivity index (χ4n) is 1.45.